The molecule has 0 spiro atoms. The highest BCUT2D eigenvalue weighted by molar-refractivity contribution is 5.40. The van der Waals surface area contributed by atoms with Crippen LogP contribution in [0.4, 0.5) is 5.69 Å². The monoisotopic (exact) mass is 264 g/mol. The van der Waals surface area contributed by atoms with E-state index >= 15 is 0 Å². The second-order valence-corrected chi connectivity index (χ2v) is 5.11. The molecule has 1 saturated heterocycles. The van der Waals surface area contributed by atoms with Gasteiger partial charge in [-0.05, 0) is 25.9 Å². The van der Waals surface area contributed by atoms with Crippen molar-refractivity contribution in [3.63, 3.8) is 0 Å². The molecule has 5 heteroatoms. The topological polar surface area (TPSA) is 66.6 Å². The Morgan fingerprint density at radius 2 is 1.95 bits per heavy atom. The Morgan fingerprint density at radius 1 is 1.26 bits per heavy atom. The Labute approximate surface area is 113 Å². The van der Waals surface area contributed by atoms with Gasteiger partial charge in [-0.3, -0.25) is 10.1 Å². The number of para-hydroxylation sites is 1. The van der Waals surface area contributed by atoms with Crippen molar-refractivity contribution in [1.29, 1.82) is 0 Å². The summed E-state index contributed by atoms with van der Waals surface area (Å²) in [5.74, 6) is 0. The third-order valence-corrected chi connectivity index (χ3v) is 3.56. The lowest BCUT2D eigenvalue weighted by atomic mass is 10.0. The molecule has 1 fully saturated rings. The summed E-state index contributed by atoms with van der Waals surface area (Å²) in [6, 6.07) is 6.63. The molecule has 0 amide bonds. The van der Waals surface area contributed by atoms with E-state index in [1.807, 2.05) is 0 Å². The summed E-state index contributed by atoms with van der Waals surface area (Å²) < 4.78 is 0. The van der Waals surface area contributed by atoms with E-state index < -0.39 is 6.10 Å². The van der Waals surface area contributed by atoms with E-state index in [9.17, 15) is 15.2 Å². The van der Waals surface area contributed by atoms with Crippen LogP contribution in [-0.2, 0) is 6.42 Å². The molecule has 0 aliphatic carbocycles. The second-order valence-electron chi connectivity index (χ2n) is 5.11. The van der Waals surface area contributed by atoms with Crippen LogP contribution in [-0.4, -0.2) is 40.7 Å². The van der Waals surface area contributed by atoms with Gasteiger partial charge in [0.25, 0.3) is 5.69 Å². The maximum absolute atomic E-state index is 10.9. The van der Waals surface area contributed by atoms with Crippen molar-refractivity contribution >= 4 is 5.69 Å². The van der Waals surface area contributed by atoms with E-state index in [4.69, 9.17) is 0 Å². The largest absolute Gasteiger partial charge is 0.391 e. The number of aliphatic hydroxyl groups excluding tert-OH is 1. The fourth-order valence-electron chi connectivity index (χ4n) is 2.62. The number of nitro groups is 1. The van der Waals surface area contributed by atoms with Crippen LogP contribution in [0.1, 0.15) is 24.8 Å². The van der Waals surface area contributed by atoms with E-state index in [1.54, 1.807) is 18.2 Å². The van der Waals surface area contributed by atoms with E-state index in [2.05, 4.69) is 4.90 Å². The average molecular weight is 264 g/mol. The molecule has 1 aromatic rings. The van der Waals surface area contributed by atoms with E-state index in [1.165, 1.54) is 25.3 Å². The molecule has 0 radical (unpaired) electrons. The van der Waals surface area contributed by atoms with Crippen molar-refractivity contribution in [3.05, 3.63) is 39.9 Å². The standard InChI is InChI=1S/C14H20N2O3/c17-13(11-15-8-4-1-5-9-15)10-12-6-2-3-7-14(12)16(18)19/h2-3,6-7,13,17H,1,4-5,8-11H2/t13-/m0/s1. The number of hydrogen-bond acceptors (Lipinski definition) is 4. The van der Waals surface area contributed by atoms with Crippen molar-refractivity contribution in [2.45, 2.75) is 31.8 Å². The highest BCUT2D eigenvalue weighted by Gasteiger charge is 2.19. The summed E-state index contributed by atoms with van der Waals surface area (Å²) in [5.41, 5.74) is 0.706. The highest BCUT2D eigenvalue weighted by atomic mass is 16.6. The first-order valence-corrected chi connectivity index (χ1v) is 6.79. The Morgan fingerprint density at radius 3 is 2.63 bits per heavy atom. The van der Waals surface area contributed by atoms with E-state index in [0.717, 1.165) is 13.1 Å². The van der Waals surface area contributed by atoms with Crippen molar-refractivity contribution in [1.82, 2.24) is 4.90 Å². The number of piperidine rings is 1. The molecule has 0 saturated carbocycles. The highest BCUT2D eigenvalue weighted by Crippen LogP contribution is 2.20. The number of hydrogen-bond donors (Lipinski definition) is 1. The smallest absolute Gasteiger partial charge is 0.272 e. The number of aliphatic hydroxyl groups is 1. The van der Waals surface area contributed by atoms with Crippen LogP contribution in [0.3, 0.4) is 0 Å². The van der Waals surface area contributed by atoms with Crippen molar-refractivity contribution in [2.24, 2.45) is 0 Å². The fraction of sp³-hybridized carbons (Fsp3) is 0.571. The Bertz CT molecular complexity index is 430. The van der Waals surface area contributed by atoms with Crippen LogP contribution in [0.2, 0.25) is 0 Å². The minimum atomic E-state index is -0.542. The van der Waals surface area contributed by atoms with Gasteiger partial charge in [-0.1, -0.05) is 24.6 Å². The molecule has 104 valence electrons. The van der Waals surface area contributed by atoms with Gasteiger partial charge in [0.2, 0.25) is 0 Å². The number of benzene rings is 1. The SMILES string of the molecule is O=[N+]([O-])c1ccccc1C[C@H](O)CN1CCCCC1. The molecule has 1 atom stereocenters. The summed E-state index contributed by atoms with van der Waals surface area (Å²) in [5, 5.41) is 21.0. The third kappa shape index (κ3) is 4.01. The van der Waals surface area contributed by atoms with Crippen LogP contribution in [0, 0.1) is 10.1 Å². The maximum atomic E-state index is 10.9. The first kappa shape index (κ1) is 14.0. The van der Waals surface area contributed by atoms with Gasteiger partial charge in [0.15, 0.2) is 0 Å². The Kier molecular flexibility index (Phi) is 4.87. The number of β-amino-alcohol motifs (C(OH)–C–C–N with tert-alkyl or cyclic N) is 1. The molecule has 1 N–H and O–H groups in total. The Balaban J connectivity index is 1.94. The van der Waals surface area contributed by atoms with Gasteiger partial charge < -0.3 is 10.0 Å². The number of nitro benzene ring substituents is 1. The van der Waals surface area contributed by atoms with Crippen LogP contribution in [0.5, 0.6) is 0 Å². The summed E-state index contributed by atoms with van der Waals surface area (Å²) >= 11 is 0. The summed E-state index contributed by atoms with van der Waals surface area (Å²) in [7, 11) is 0. The predicted octanol–water partition coefficient (Wildman–Crippen LogP) is 1.98. The van der Waals surface area contributed by atoms with Gasteiger partial charge in [-0.2, -0.15) is 0 Å². The minimum Gasteiger partial charge on any atom is -0.391 e. The molecule has 1 aliphatic heterocycles. The molecule has 1 aromatic carbocycles. The van der Waals surface area contributed by atoms with E-state index in [0.29, 0.717) is 18.5 Å². The lowest BCUT2D eigenvalue weighted by Crippen LogP contribution is -2.37. The number of likely N-dealkylation sites (tertiary alicyclic amines) is 1. The molecule has 1 heterocycles. The van der Waals surface area contributed by atoms with Crippen molar-refractivity contribution in [2.75, 3.05) is 19.6 Å². The molecule has 5 nitrogen and oxygen atoms in total. The van der Waals surface area contributed by atoms with Gasteiger partial charge in [-0.25, -0.2) is 0 Å². The lowest BCUT2D eigenvalue weighted by molar-refractivity contribution is -0.385. The number of nitrogens with zero attached hydrogens (tertiary/aromatic N) is 2. The molecular formula is C14H20N2O3. The zero-order valence-electron chi connectivity index (χ0n) is 11.0. The van der Waals surface area contributed by atoms with Crippen LogP contribution >= 0.6 is 0 Å². The first-order valence-electron chi connectivity index (χ1n) is 6.79. The third-order valence-electron chi connectivity index (χ3n) is 3.56. The fourth-order valence-corrected chi connectivity index (χ4v) is 2.62. The lowest BCUT2D eigenvalue weighted by Gasteiger charge is -2.28. The van der Waals surface area contributed by atoms with Crippen molar-refractivity contribution in [3.8, 4) is 0 Å². The van der Waals surface area contributed by atoms with Gasteiger partial charge >= 0.3 is 0 Å². The average Bonchev–Trinajstić information content (AvgIpc) is 2.40. The van der Waals surface area contributed by atoms with Crippen LogP contribution < -0.4 is 0 Å². The predicted molar refractivity (Wildman–Crippen MR) is 73.1 cm³/mol. The number of rotatable bonds is 5. The normalized spacial score (nSPS) is 18.2. The maximum Gasteiger partial charge on any atom is 0.272 e. The van der Waals surface area contributed by atoms with Gasteiger partial charge in [0, 0.05) is 24.6 Å². The quantitative estimate of drug-likeness (QED) is 0.652. The zero-order valence-corrected chi connectivity index (χ0v) is 11.0. The summed E-state index contributed by atoms with van der Waals surface area (Å²) in [6.07, 6.45) is 3.42. The van der Waals surface area contributed by atoms with Crippen LogP contribution in [0.25, 0.3) is 0 Å². The Hall–Kier alpha value is -1.46. The molecule has 0 unspecified atom stereocenters. The minimum absolute atomic E-state index is 0.0974. The first-order chi connectivity index (χ1) is 9.16. The summed E-state index contributed by atoms with van der Waals surface area (Å²) in [6.45, 7) is 2.65. The van der Waals surface area contributed by atoms with Gasteiger partial charge in [-0.15, -0.1) is 0 Å². The van der Waals surface area contributed by atoms with Crippen molar-refractivity contribution < 1.29 is 10.0 Å². The van der Waals surface area contributed by atoms with E-state index in [-0.39, 0.29) is 10.6 Å². The molecule has 0 bridgehead atoms. The molecule has 19 heavy (non-hydrogen) atoms. The van der Waals surface area contributed by atoms with Gasteiger partial charge in [0.05, 0.1) is 11.0 Å². The molecule has 0 aromatic heterocycles. The zero-order chi connectivity index (χ0) is 13.7. The van der Waals surface area contributed by atoms with Crippen LogP contribution in [0.15, 0.2) is 24.3 Å². The second kappa shape index (κ2) is 6.63. The molecule has 1 aliphatic rings. The van der Waals surface area contributed by atoms with Gasteiger partial charge in [0.1, 0.15) is 0 Å². The molecular weight excluding hydrogens is 244 g/mol. The molecule has 2 rings (SSSR count). The summed E-state index contributed by atoms with van der Waals surface area (Å²) in [4.78, 5) is 12.8.